The fourth-order valence-corrected chi connectivity index (χ4v) is 2.26. The molecule has 1 N–H and O–H groups in total. The zero-order valence-electron chi connectivity index (χ0n) is 11.4. The standard InChI is InChI=1S/C14H15FN2O2S/c1-8(2)13(18)17-14-16-11(7-20-14)9-4-5-12(19-3)10(15)6-9/h4-8H,1-3H3,(H,16,17,18). The van der Waals surface area contributed by atoms with Crippen molar-refractivity contribution in [3.63, 3.8) is 0 Å². The van der Waals surface area contributed by atoms with E-state index in [-0.39, 0.29) is 17.6 Å². The average molecular weight is 294 g/mol. The molecule has 0 bridgehead atoms. The first-order valence-electron chi connectivity index (χ1n) is 6.11. The van der Waals surface area contributed by atoms with Gasteiger partial charge in [-0.3, -0.25) is 4.79 Å². The van der Waals surface area contributed by atoms with Crippen molar-refractivity contribution in [2.75, 3.05) is 12.4 Å². The predicted octanol–water partition coefficient (Wildman–Crippen LogP) is 3.55. The fourth-order valence-electron chi connectivity index (χ4n) is 1.54. The van der Waals surface area contributed by atoms with E-state index in [9.17, 15) is 9.18 Å². The number of hydrogen-bond donors (Lipinski definition) is 1. The van der Waals surface area contributed by atoms with Crippen LogP contribution in [0.3, 0.4) is 0 Å². The molecule has 106 valence electrons. The van der Waals surface area contributed by atoms with Crippen LogP contribution >= 0.6 is 11.3 Å². The number of benzene rings is 1. The number of thiazole rings is 1. The second kappa shape index (κ2) is 6.00. The number of ether oxygens (including phenoxy) is 1. The SMILES string of the molecule is COc1ccc(-c2csc(NC(=O)C(C)C)n2)cc1F. The Morgan fingerprint density at radius 2 is 2.20 bits per heavy atom. The number of hydrogen-bond acceptors (Lipinski definition) is 4. The first-order chi connectivity index (χ1) is 9.51. The van der Waals surface area contributed by atoms with Crippen LogP contribution in [-0.2, 0) is 4.79 Å². The van der Waals surface area contributed by atoms with Crippen molar-refractivity contribution >= 4 is 22.4 Å². The molecular weight excluding hydrogens is 279 g/mol. The van der Waals surface area contributed by atoms with Gasteiger partial charge in [-0.15, -0.1) is 11.3 Å². The van der Waals surface area contributed by atoms with Crippen molar-refractivity contribution in [3.8, 4) is 17.0 Å². The number of nitrogens with zero attached hydrogens (tertiary/aromatic N) is 1. The van der Waals surface area contributed by atoms with E-state index in [0.29, 0.717) is 16.4 Å². The molecule has 6 heteroatoms. The van der Waals surface area contributed by atoms with Crippen LogP contribution < -0.4 is 10.1 Å². The smallest absolute Gasteiger partial charge is 0.228 e. The molecular formula is C14H15FN2O2S. The number of anilines is 1. The van der Waals surface area contributed by atoms with Crippen LogP contribution in [0.2, 0.25) is 0 Å². The molecule has 1 heterocycles. The molecule has 2 rings (SSSR count). The molecule has 2 aromatic rings. The van der Waals surface area contributed by atoms with Crippen LogP contribution in [0, 0.1) is 11.7 Å². The quantitative estimate of drug-likeness (QED) is 0.938. The molecule has 0 aliphatic heterocycles. The second-order valence-electron chi connectivity index (χ2n) is 4.53. The Bertz CT molecular complexity index is 625. The Balaban J connectivity index is 2.20. The zero-order valence-corrected chi connectivity index (χ0v) is 12.3. The van der Waals surface area contributed by atoms with E-state index in [4.69, 9.17) is 4.74 Å². The van der Waals surface area contributed by atoms with Crippen molar-refractivity contribution in [2.45, 2.75) is 13.8 Å². The lowest BCUT2D eigenvalue weighted by atomic mass is 10.1. The molecule has 1 aromatic carbocycles. The topological polar surface area (TPSA) is 51.2 Å². The highest BCUT2D eigenvalue weighted by Gasteiger charge is 2.12. The van der Waals surface area contributed by atoms with Gasteiger partial charge >= 0.3 is 0 Å². The molecule has 0 fully saturated rings. The largest absolute Gasteiger partial charge is 0.494 e. The second-order valence-corrected chi connectivity index (χ2v) is 5.39. The molecule has 0 aliphatic carbocycles. The van der Waals surface area contributed by atoms with E-state index >= 15 is 0 Å². The van der Waals surface area contributed by atoms with Gasteiger partial charge in [0.05, 0.1) is 12.8 Å². The van der Waals surface area contributed by atoms with Gasteiger partial charge in [0.25, 0.3) is 0 Å². The van der Waals surface area contributed by atoms with Gasteiger partial charge in [0.1, 0.15) is 0 Å². The highest BCUT2D eigenvalue weighted by molar-refractivity contribution is 7.14. The summed E-state index contributed by atoms with van der Waals surface area (Å²) in [5.41, 5.74) is 1.26. The maximum absolute atomic E-state index is 13.6. The maximum Gasteiger partial charge on any atom is 0.228 e. The van der Waals surface area contributed by atoms with Crippen LogP contribution in [0.25, 0.3) is 11.3 Å². The van der Waals surface area contributed by atoms with Gasteiger partial charge < -0.3 is 10.1 Å². The number of carbonyl (C=O) groups excluding carboxylic acids is 1. The summed E-state index contributed by atoms with van der Waals surface area (Å²) in [6, 6.07) is 4.64. The van der Waals surface area contributed by atoms with Crippen molar-refractivity contribution < 1.29 is 13.9 Å². The Kier molecular flexibility index (Phi) is 4.34. The minimum absolute atomic E-state index is 0.0909. The number of aromatic nitrogens is 1. The lowest BCUT2D eigenvalue weighted by Crippen LogP contribution is -2.17. The first kappa shape index (κ1) is 14.5. The third kappa shape index (κ3) is 3.14. The summed E-state index contributed by atoms with van der Waals surface area (Å²) in [6.45, 7) is 3.62. The molecule has 4 nitrogen and oxygen atoms in total. The number of methoxy groups -OCH3 is 1. The summed E-state index contributed by atoms with van der Waals surface area (Å²) in [6.07, 6.45) is 0. The Labute approximate surface area is 120 Å². The highest BCUT2D eigenvalue weighted by Crippen LogP contribution is 2.28. The Hall–Kier alpha value is -1.95. The number of rotatable bonds is 4. The molecule has 0 aliphatic rings. The molecule has 0 spiro atoms. The Morgan fingerprint density at radius 1 is 1.45 bits per heavy atom. The summed E-state index contributed by atoms with van der Waals surface area (Å²) in [7, 11) is 1.42. The van der Waals surface area contributed by atoms with Crippen LogP contribution in [0.5, 0.6) is 5.75 Å². The van der Waals surface area contributed by atoms with E-state index in [1.165, 1.54) is 24.5 Å². The van der Waals surface area contributed by atoms with Crippen LogP contribution in [-0.4, -0.2) is 18.0 Å². The minimum Gasteiger partial charge on any atom is -0.494 e. The third-order valence-electron chi connectivity index (χ3n) is 2.71. The zero-order chi connectivity index (χ0) is 14.7. The van der Waals surface area contributed by atoms with E-state index in [2.05, 4.69) is 10.3 Å². The molecule has 0 saturated carbocycles. The Morgan fingerprint density at radius 3 is 2.80 bits per heavy atom. The molecule has 0 unspecified atom stereocenters. The number of nitrogens with one attached hydrogen (secondary N) is 1. The molecule has 0 radical (unpaired) electrons. The van der Waals surface area contributed by atoms with Gasteiger partial charge in [-0.05, 0) is 18.2 Å². The minimum atomic E-state index is -0.439. The average Bonchev–Trinajstić information content (AvgIpc) is 2.87. The van der Waals surface area contributed by atoms with Crippen molar-refractivity contribution in [3.05, 3.63) is 29.4 Å². The van der Waals surface area contributed by atoms with E-state index < -0.39 is 5.82 Å². The van der Waals surface area contributed by atoms with E-state index in [0.717, 1.165) is 0 Å². The van der Waals surface area contributed by atoms with Gasteiger partial charge in [0.2, 0.25) is 5.91 Å². The van der Waals surface area contributed by atoms with E-state index in [1.54, 1.807) is 17.5 Å². The van der Waals surface area contributed by atoms with Crippen molar-refractivity contribution in [1.82, 2.24) is 4.98 Å². The summed E-state index contributed by atoms with van der Waals surface area (Å²) in [4.78, 5) is 15.9. The summed E-state index contributed by atoms with van der Waals surface area (Å²) in [5, 5.41) is 5.00. The summed E-state index contributed by atoms with van der Waals surface area (Å²) in [5.74, 6) is -0.448. The predicted molar refractivity (Wildman–Crippen MR) is 77.5 cm³/mol. The molecule has 1 amide bonds. The van der Waals surface area contributed by atoms with E-state index in [1.807, 2.05) is 13.8 Å². The van der Waals surface area contributed by atoms with Crippen LogP contribution in [0.1, 0.15) is 13.8 Å². The van der Waals surface area contributed by atoms with Gasteiger partial charge in [0.15, 0.2) is 16.7 Å². The van der Waals surface area contributed by atoms with Gasteiger partial charge in [0, 0.05) is 16.9 Å². The summed E-state index contributed by atoms with van der Waals surface area (Å²) < 4.78 is 18.5. The maximum atomic E-state index is 13.6. The van der Waals surface area contributed by atoms with Crippen LogP contribution in [0.4, 0.5) is 9.52 Å². The number of amides is 1. The molecule has 1 aromatic heterocycles. The molecule has 20 heavy (non-hydrogen) atoms. The lowest BCUT2D eigenvalue weighted by molar-refractivity contribution is -0.118. The number of halogens is 1. The van der Waals surface area contributed by atoms with Gasteiger partial charge in [-0.25, -0.2) is 9.37 Å². The monoisotopic (exact) mass is 294 g/mol. The number of carbonyl (C=O) groups is 1. The lowest BCUT2D eigenvalue weighted by Gasteiger charge is -2.04. The van der Waals surface area contributed by atoms with Crippen LogP contribution in [0.15, 0.2) is 23.6 Å². The normalized spacial score (nSPS) is 10.7. The van der Waals surface area contributed by atoms with Crippen molar-refractivity contribution in [1.29, 1.82) is 0 Å². The van der Waals surface area contributed by atoms with Gasteiger partial charge in [-0.2, -0.15) is 0 Å². The fraction of sp³-hybridized carbons (Fsp3) is 0.286. The molecule has 0 saturated heterocycles. The van der Waals surface area contributed by atoms with Crippen molar-refractivity contribution in [2.24, 2.45) is 5.92 Å². The molecule has 0 atom stereocenters. The van der Waals surface area contributed by atoms with Gasteiger partial charge in [-0.1, -0.05) is 13.8 Å². The summed E-state index contributed by atoms with van der Waals surface area (Å²) >= 11 is 1.31. The third-order valence-corrected chi connectivity index (χ3v) is 3.46. The first-order valence-corrected chi connectivity index (χ1v) is 6.99. The highest BCUT2D eigenvalue weighted by atomic mass is 32.1.